The van der Waals surface area contributed by atoms with Gasteiger partial charge in [-0.1, -0.05) is 12.1 Å². The summed E-state index contributed by atoms with van der Waals surface area (Å²) in [6.07, 6.45) is 0.701. The number of aldehydes is 1. The third kappa shape index (κ3) is 3.91. The molecule has 0 saturated carbocycles. The summed E-state index contributed by atoms with van der Waals surface area (Å²) in [5.74, 6) is 1.23. The molecule has 0 unspecified atom stereocenters. The van der Waals surface area contributed by atoms with Gasteiger partial charge in [-0.15, -0.1) is 0 Å². The Morgan fingerprint density at radius 3 is 2.36 bits per heavy atom. The fourth-order valence-electron chi connectivity index (χ4n) is 0.862. The SMILES string of the molecule is CO.COc1ccccc1OCC=O. The van der Waals surface area contributed by atoms with Gasteiger partial charge in [0.15, 0.2) is 17.8 Å². The maximum Gasteiger partial charge on any atom is 0.161 e. The van der Waals surface area contributed by atoms with Crippen LogP contribution in [0.1, 0.15) is 0 Å². The molecule has 0 amide bonds. The topological polar surface area (TPSA) is 55.8 Å². The molecule has 4 nitrogen and oxygen atoms in total. The average molecular weight is 198 g/mol. The Labute approximate surface area is 83.1 Å². The Kier molecular flexibility index (Phi) is 7.17. The van der Waals surface area contributed by atoms with E-state index in [9.17, 15) is 4.79 Å². The molecule has 0 aromatic heterocycles. The Hall–Kier alpha value is -1.55. The van der Waals surface area contributed by atoms with Crippen molar-refractivity contribution in [2.75, 3.05) is 20.8 Å². The van der Waals surface area contributed by atoms with Crippen molar-refractivity contribution in [1.82, 2.24) is 0 Å². The molecule has 0 fully saturated rings. The first-order chi connectivity index (χ1) is 6.88. The Morgan fingerprint density at radius 2 is 1.86 bits per heavy atom. The fourth-order valence-corrected chi connectivity index (χ4v) is 0.862. The number of methoxy groups -OCH3 is 1. The van der Waals surface area contributed by atoms with Gasteiger partial charge >= 0.3 is 0 Å². The minimum Gasteiger partial charge on any atom is -0.493 e. The van der Waals surface area contributed by atoms with Crippen molar-refractivity contribution >= 4 is 6.29 Å². The molecule has 78 valence electrons. The minimum atomic E-state index is 0.0559. The van der Waals surface area contributed by atoms with Crippen LogP contribution in [0, 0.1) is 0 Å². The third-order valence-corrected chi connectivity index (χ3v) is 1.38. The highest BCUT2D eigenvalue weighted by Gasteiger charge is 2.00. The third-order valence-electron chi connectivity index (χ3n) is 1.38. The molecule has 0 bridgehead atoms. The summed E-state index contributed by atoms with van der Waals surface area (Å²) < 4.78 is 10.1. The highest BCUT2D eigenvalue weighted by molar-refractivity contribution is 5.52. The lowest BCUT2D eigenvalue weighted by molar-refractivity contribution is -0.109. The molecular formula is C10H14O4. The molecule has 0 saturated heterocycles. The second-order valence-corrected chi connectivity index (χ2v) is 2.13. The molecule has 0 aliphatic rings. The van der Waals surface area contributed by atoms with Crippen LogP contribution in [0.25, 0.3) is 0 Å². The molecule has 0 heterocycles. The summed E-state index contributed by atoms with van der Waals surface area (Å²) in [6.45, 7) is 0.0559. The van der Waals surface area contributed by atoms with Gasteiger partial charge in [0.25, 0.3) is 0 Å². The van der Waals surface area contributed by atoms with E-state index < -0.39 is 0 Å². The molecular weight excluding hydrogens is 184 g/mol. The average Bonchev–Trinajstić information content (AvgIpc) is 2.29. The van der Waals surface area contributed by atoms with Crippen molar-refractivity contribution in [2.45, 2.75) is 0 Å². The monoisotopic (exact) mass is 198 g/mol. The van der Waals surface area contributed by atoms with Gasteiger partial charge in [0.2, 0.25) is 0 Å². The van der Waals surface area contributed by atoms with Crippen LogP contribution in [0.15, 0.2) is 24.3 Å². The fraction of sp³-hybridized carbons (Fsp3) is 0.300. The van der Waals surface area contributed by atoms with Gasteiger partial charge in [-0.2, -0.15) is 0 Å². The van der Waals surface area contributed by atoms with E-state index in [4.69, 9.17) is 14.6 Å². The Morgan fingerprint density at radius 1 is 1.29 bits per heavy atom. The van der Waals surface area contributed by atoms with Crippen molar-refractivity contribution in [2.24, 2.45) is 0 Å². The van der Waals surface area contributed by atoms with E-state index in [1.807, 2.05) is 12.1 Å². The number of carbonyl (C=O) groups is 1. The van der Waals surface area contributed by atoms with Crippen LogP contribution in [0.5, 0.6) is 11.5 Å². The standard InChI is InChI=1S/C9H10O3.CH4O/c1-11-8-4-2-3-5-9(8)12-7-6-10;1-2/h2-6H,7H2,1H3;2H,1H3. The summed E-state index contributed by atoms with van der Waals surface area (Å²) in [7, 11) is 2.56. The van der Waals surface area contributed by atoms with Crippen LogP contribution in [-0.2, 0) is 4.79 Å². The van der Waals surface area contributed by atoms with E-state index in [0.717, 1.165) is 7.11 Å². The second kappa shape index (κ2) is 8.07. The summed E-state index contributed by atoms with van der Waals surface area (Å²) >= 11 is 0. The highest BCUT2D eigenvalue weighted by atomic mass is 16.5. The Bertz CT molecular complexity index is 260. The zero-order valence-corrected chi connectivity index (χ0v) is 8.27. The zero-order valence-electron chi connectivity index (χ0n) is 8.27. The summed E-state index contributed by atoms with van der Waals surface area (Å²) in [5.41, 5.74) is 0. The molecule has 0 atom stereocenters. The molecule has 1 aromatic rings. The molecule has 1 aromatic carbocycles. The number of ether oxygens (including phenoxy) is 2. The van der Waals surface area contributed by atoms with Crippen molar-refractivity contribution in [3.8, 4) is 11.5 Å². The molecule has 1 N–H and O–H groups in total. The summed E-state index contributed by atoms with van der Waals surface area (Å²) in [6, 6.07) is 7.19. The smallest absolute Gasteiger partial charge is 0.161 e. The van der Waals surface area contributed by atoms with Crippen molar-refractivity contribution in [1.29, 1.82) is 0 Å². The van der Waals surface area contributed by atoms with E-state index in [1.165, 1.54) is 0 Å². The lowest BCUT2D eigenvalue weighted by Crippen LogP contribution is -1.99. The molecule has 0 aliphatic carbocycles. The number of aliphatic hydroxyl groups excluding tert-OH is 1. The first kappa shape index (κ1) is 12.4. The Balaban J connectivity index is 0.000000791. The van der Waals surface area contributed by atoms with E-state index in [1.54, 1.807) is 19.2 Å². The molecule has 1 rings (SSSR count). The van der Waals surface area contributed by atoms with Gasteiger partial charge in [-0.3, -0.25) is 4.79 Å². The van der Waals surface area contributed by atoms with Crippen molar-refractivity contribution in [3.63, 3.8) is 0 Å². The largest absolute Gasteiger partial charge is 0.493 e. The zero-order chi connectivity index (χ0) is 10.8. The lowest BCUT2D eigenvalue weighted by Gasteiger charge is -2.06. The van der Waals surface area contributed by atoms with E-state index in [-0.39, 0.29) is 6.61 Å². The van der Waals surface area contributed by atoms with E-state index in [2.05, 4.69) is 0 Å². The van der Waals surface area contributed by atoms with Crippen molar-refractivity contribution < 1.29 is 19.4 Å². The van der Waals surface area contributed by atoms with Crippen molar-refractivity contribution in [3.05, 3.63) is 24.3 Å². The number of carbonyl (C=O) groups excluding carboxylic acids is 1. The first-order valence-corrected chi connectivity index (χ1v) is 4.02. The van der Waals surface area contributed by atoms with E-state index >= 15 is 0 Å². The van der Waals surface area contributed by atoms with Crippen LogP contribution in [0.4, 0.5) is 0 Å². The maximum atomic E-state index is 10.0. The van der Waals surface area contributed by atoms with Gasteiger partial charge in [-0.25, -0.2) is 0 Å². The van der Waals surface area contributed by atoms with Crippen LogP contribution >= 0.6 is 0 Å². The number of hydrogen-bond donors (Lipinski definition) is 1. The number of rotatable bonds is 4. The van der Waals surface area contributed by atoms with Gasteiger partial charge in [0.1, 0.15) is 6.61 Å². The molecule has 0 spiro atoms. The molecule has 0 radical (unpaired) electrons. The summed E-state index contributed by atoms with van der Waals surface area (Å²) in [5, 5.41) is 7.00. The maximum absolute atomic E-state index is 10.0. The van der Waals surface area contributed by atoms with Crippen LogP contribution in [-0.4, -0.2) is 32.2 Å². The second-order valence-electron chi connectivity index (χ2n) is 2.13. The molecule has 14 heavy (non-hydrogen) atoms. The van der Waals surface area contributed by atoms with Crippen LogP contribution < -0.4 is 9.47 Å². The van der Waals surface area contributed by atoms with Crippen LogP contribution in [0.2, 0.25) is 0 Å². The number of benzene rings is 1. The van der Waals surface area contributed by atoms with E-state index in [0.29, 0.717) is 17.8 Å². The number of aliphatic hydroxyl groups is 1. The summed E-state index contributed by atoms with van der Waals surface area (Å²) in [4.78, 5) is 10.0. The number of para-hydroxylation sites is 2. The van der Waals surface area contributed by atoms with Gasteiger partial charge in [0.05, 0.1) is 7.11 Å². The molecule has 0 aliphatic heterocycles. The van der Waals surface area contributed by atoms with Gasteiger partial charge in [-0.05, 0) is 12.1 Å². The normalized spacial score (nSPS) is 8.21. The van der Waals surface area contributed by atoms with Gasteiger partial charge < -0.3 is 14.6 Å². The van der Waals surface area contributed by atoms with Gasteiger partial charge in [0, 0.05) is 7.11 Å². The quantitative estimate of drug-likeness (QED) is 0.730. The highest BCUT2D eigenvalue weighted by Crippen LogP contribution is 2.25. The first-order valence-electron chi connectivity index (χ1n) is 4.02. The van der Waals surface area contributed by atoms with Crippen LogP contribution in [0.3, 0.4) is 0 Å². The molecule has 4 heteroatoms. The minimum absolute atomic E-state index is 0.0559. The predicted octanol–water partition coefficient (Wildman–Crippen LogP) is 0.881. The predicted molar refractivity (Wildman–Crippen MR) is 52.7 cm³/mol. The lowest BCUT2D eigenvalue weighted by atomic mass is 10.3. The number of hydrogen-bond acceptors (Lipinski definition) is 4.